The molecule has 0 aliphatic carbocycles. The summed E-state index contributed by atoms with van der Waals surface area (Å²) in [5.41, 5.74) is 0.321. The van der Waals surface area contributed by atoms with E-state index in [2.05, 4.69) is 0 Å². The topological polar surface area (TPSA) is 100 Å². The maximum Gasteiger partial charge on any atom is 0.204 e. The highest BCUT2D eigenvalue weighted by Crippen LogP contribution is 2.41. The monoisotopic (exact) mass is 300 g/mol. The third kappa shape index (κ3) is 2.01. The van der Waals surface area contributed by atoms with E-state index in [1.165, 1.54) is 31.6 Å². The molecule has 0 saturated heterocycles. The van der Waals surface area contributed by atoms with Gasteiger partial charge in [0.15, 0.2) is 11.5 Å². The molecule has 1 heterocycles. The molecule has 1 aromatic heterocycles. The Morgan fingerprint density at radius 3 is 2.41 bits per heavy atom. The van der Waals surface area contributed by atoms with Crippen LogP contribution in [0.2, 0.25) is 0 Å². The van der Waals surface area contributed by atoms with Crippen LogP contribution in [0, 0.1) is 0 Å². The molecule has 6 nitrogen and oxygen atoms in total. The Kier molecular flexibility index (Phi) is 3.14. The van der Waals surface area contributed by atoms with Crippen LogP contribution in [0.15, 0.2) is 45.8 Å². The zero-order chi connectivity index (χ0) is 15.9. The lowest BCUT2D eigenvalue weighted by Gasteiger charge is -2.09. The first-order chi connectivity index (χ1) is 10.5. The molecule has 0 amide bonds. The molecule has 0 aliphatic rings. The molecule has 0 fully saturated rings. The molecule has 0 bridgehead atoms. The van der Waals surface area contributed by atoms with Gasteiger partial charge in [-0.3, -0.25) is 4.79 Å². The summed E-state index contributed by atoms with van der Waals surface area (Å²) in [6, 6.07) is 7.20. The maximum atomic E-state index is 12.6. The average Bonchev–Trinajstić information content (AvgIpc) is 2.49. The van der Waals surface area contributed by atoms with Crippen molar-refractivity contribution in [3.05, 3.63) is 46.8 Å². The van der Waals surface area contributed by atoms with Gasteiger partial charge in [0.05, 0.1) is 12.7 Å². The van der Waals surface area contributed by atoms with Gasteiger partial charge < -0.3 is 24.5 Å². The van der Waals surface area contributed by atoms with E-state index in [-0.39, 0.29) is 33.8 Å². The molecule has 0 spiro atoms. The summed E-state index contributed by atoms with van der Waals surface area (Å²) in [6.07, 6.45) is 1.24. The second kappa shape index (κ2) is 5.00. The van der Waals surface area contributed by atoms with Crippen molar-refractivity contribution in [1.29, 1.82) is 0 Å². The SMILES string of the molecule is COc1c(O)cc2occ(-c3ccc(O)cc3)c(=O)c2c1O. The molecule has 0 saturated carbocycles. The highest BCUT2D eigenvalue weighted by atomic mass is 16.5. The smallest absolute Gasteiger partial charge is 0.204 e. The van der Waals surface area contributed by atoms with Crippen molar-refractivity contribution in [2.24, 2.45) is 0 Å². The lowest BCUT2D eigenvalue weighted by atomic mass is 10.0. The molecular formula is C16H12O6. The number of ether oxygens (including phenoxy) is 1. The largest absolute Gasteiger partial charge is 0.508 e. The Labute approximate surface area is 124 Å². The fourth-order valence-corrected chi connectivity index (χ4v) is 2.28. The highest BCUT2D eigenvalue weighted by Gasteiger charge is 2.19. The van der Waals surface area contributed by atoms with E-state index in [4.69, 9.17) is 9.15 Å². The standard InChI is InChI=1S/C16H12O6/c1-21-16-11(18)6-12-13(15(16)20)14(19)10(7-22-12)8-2-4-9(17)5-3-8/h2-7,17-18,20H,1H3. The third-order valence-electron chi connectivity index (χ3n) is 3.36. The van der Waals surface area contributed by atoms with Crippen LogP contribution in [-0.2, 0) is 0 Å². The Balaban J connectivity index is 2.34. The van der Waals surface area contributed by atoms with Crippen LogP contribution in [0.4, 0.5) is 0 Å². The summed E-state index contributed by atoms with van der Waals surface area (Å²) in [5.74, 6) is -0.925. The Hall–Kier alpha value is -3.15. The highest BCUT2D eigenvalue weighted by molar-refractivity contribution is 5.91. The summed E-state index contributed by atoms with van der Waals surface area (Å²) >= 11 is 0. The molecule has 112 valence electrons. The molecular weight excluding hydrogens is 288 g/mol. The van der Waals surface area contributed by atoms with Gasteiger partial charge in [0, 0.05) is 6.07 Å². The van der Waals surface area contributed by atoms with Crippen LogP contribution < -0.4 is 10.2 Å². The summed E-state index contributed by atoms with van der Waals surface area (Å²) in [6.45, 7) is 0. The molecule has 3 aromatic rings. The first-order valence-electron chi connectivity index (χ1n) is 6.36. The fourth-order valence-electron chi connectivity index (χ4n) is 2.28. The van der Waals surface area contributed by atoms with Gasteiger partial charge in [-0.1, -0.05) is 12.1 Å². The zero-order valence-corrected chi connectivity index (χ0v) is 11.5. The summed E-state index contributed by atoms with van der Waals surface area (Å²) < 4.78 is 10.2. The van der Waals surface area contributed by atoms with Crippen LogP contribution in [0.3, 0.4) is 0 Å². The van der Waals surface area contributed by atoms with Crippen molar-refractivity contribution >= 4 is 11.0 Å². The molecule has 0 atom stereocenters. The van der Waals surface area contributed by atoms with Gasteiger partial charge in [-0.15, -0.1) is 0 Å². The Bertz CT molecular complexity index is 909. The van der Waals surface area contributed by atoms with Crippen molar-refractivity contribution in [2.75, 3.05) is 7.11 Å². The lowest BCUT2D eigenvalue weighted by Crippen LogP contribution is -2.05. The zero-order valence-electron chi connectivity index (χ0n) is 11.5. The molecule has 3 N–H and O–H groups in total. The fraction of sp³-hybridized carbons (Fsp3) is 0.0625. The van der Waals surface area contributed by atoms with Crippen molar-refractivity contribution in [3.8, 4) is 34.1 Å². The summed E-state index contributed by atoms with van der Waals surface area (Å²) in [5, 5.41) is 29.1. The molecule has 3 rings (SSSR count). The minimum Gasteiger partial charge on any atom is -0.508 e. The number of rotatable bonds is 2. The normalized spacial score (nSPS) is 10.8. The molecule has 0 radical (unpaired) electrons. The van der Waals surface area contributed by atoms with E-state index in [9.17, 15) is 20.1 Å². The van der Waals surface area contributed by atoms with E-state index >= 15 is 0 Å². The van der Waals surface area contributed by atoms with Crippen molar-refractivity contribution in [3.63, 3.8) is 0 Å². The first kappa shape index (κ1) is 13.8. The maximum absolute atomic E-state index is 12.6. The predicted molar refractivity (Wildman–Crippen MR) is 79.5 cm³/mol. The molecule has 0 aliphatic heterocycles. The van der Waals surface area contributed by atoms with Gasteiger partial charge in [0.2, 0.25) is 11.2 Å². The van der Waals surface area contributed by atoms with Gasteiger partial charge in [-0.25, -0.2) is 0 Å². The molecule has 22 heavy (non-hydrogen) atoms. The summed E-state index contributed by atoms with van der Waals surface area (Å²) in [4.78, 5) is 12.6. The van der Waals surface area contributed by atoms with E-state index in [1.54, 1.807) is 12.1 Å². The van der Waals surface area contributed by atoms with Gasteiger partial charge in [-0.2, -0.15) is 0 Å². The number of phenols is 3. The average molecular weight is 300 g/mol. The van der Waals surface area contributed by atoms with Crippen LogP contribution in [0.5, 0.6) is 23.0 Å². The van der Waals surface area contributed by atoms with Gasteiger partial charge in [-0.05, 0) is 17.7 Å². The Morgan fingerprint density at radius 2 is 1.77 bits per heavy atom. The van der Waals surface area contributed by atoms with Gasteiger partial charge >= 0.3 is 0 Å². The molecule has 0 unspecified atom stereocenters. The van der Waals surface area contributed by atoms with Crippen LogP contribution in [0.25, 0.3) is 22.1 Å². The number of methoxy groups -OCH3 is 1. The van der Waals surface area contributed by atoms with Crippen LogP contribution in [-0.4, -0.2) is 22.4 Å². The van der Waals surface area contributed by atoms with Gasteiger partial charge in [0.25, 0.3) is 0 Å². The number of aromatic hydroxyl groups is 3. The quantitative estimate of drug-likeness (QED) is 0.672. The number of phenolic OH excluding ortho intramolecular Hbond substituents is 3. The van der Waals surface area contributed by atoms with E-state index < -0.39 is 11.2 Å². The van der Waals surface area contributed by atoms with Crippen molar-refractivity contribution < 1.29 is 24.5 Å². The first-order valence-corrected chi connectivity index (χ1v) is 6.36. The number of hydrogen-bond acceptors (Lipinski definition) is 6. The van der Waals surface area contributed by atoms with E-state index in [0.717, 1.165) is 0 Å². The van der Waals surface area contributed by atoms with E-state index in [1.807, 2.05) is 0 Å². The second-order valence-electron chi connectivity index (χ2n) is 4.68. The Morgan fingerprint density at radius 1 is 1.09 bits per heavy atom. The number of fused-ring (bicyclic) bond motifs is 1. The van der Waals surface area contributed by atoms with Crippen molar-refractivity contribution in [1.82, 2.24) is 0 Å². The minimum absolute atomic E-state index is 0.0447. The van der Waals surface area contributed by atoms with Crippen LogP contribution >= 0.6 is 0 Å². The van der Waals surface area contributed by atoms with Crippen molar-refractivity contribution in [2.45, 2.75) is 0 Å². The lowest BCUT2D eigenvalue weighted by molar-refractivity contribution is 0.346. The summed E-state index contributed by atoms with van der Waals surface area (Å²) in [7, 11) is 1.27. The minimum atomic E-state index is -0.480. The number of benzene rings is 2. The molecule has 6 heteroatoms. The second-order valence-corrected chi connectivity index (χ2v) is 4.68. The third-order valence-corrected chi connectivity index (χ3v) is 3.36. The van der Waals surface area contributed by atoms with Crippen LogP contribution in [0.1, 0.15) is 0 Å². The van der Waals surface area contributed by atoms with E-state index in [0.29, 0.717) is 5.56 Å². The molecule has 2 aromatic carbocycles. The van der Waals surface area contributed by atoms with Gasteiger partial charge in [0.1, 0.15) is 23.0 Å². The predicted octanol–water partition coefficient (Wildman–Crippen LogP) is 2.59. The number of hydrogen-bond donors (Lipinski definition) is 3.